The number of aromatic nitrogens is 4. The maximum absolute atomic E-state index is 13.2. The number of methoxy groups -OCH3 is 1. The van der Waals surface area contributed by atoms with E-state index in [1.54, 1.807) is 21.0 Å². The van der Waals surface area contributed by atoms with E-state index >= 15 is 0 Å². The molecule has 0 aliphatic carbocycles. The van der Waals surface area contributed by atoms with Crippen molar-refractivity contribution in [3.05, 3.63) is 40.7 Å². The summed E-state index contributed by atoms with van der Waals surface area (Å²) < 4.78 is 51.5. The normalized spacial score (nSPS) is 16.6. The molecule has 3 aromatic rings. The summed E-state index contributed by atoms with van der Waals surface area (Å²) >= 11 is 0. The molecule has 4 rings (SSSR count). The van der Waals surface area contributed by atoms with Crippen LogP contribution in [0.25, 0.3) is 5.65 Å². The van der Waals surface area contributed by atoms with Crippen LogP contribution in [-0.2, 0) is 12.6 Å². The van der Waals surface area contributed by atoms with Gasteiger partial charge in [-0.15, -0.1) is 15.3 Å². The molecule has 0 saturated carbocycles. The molecular weight excluding hydrogens is 375 g/mol. The van der Waals surface area contributed by atoms with Gasteiger partial charge in [0.25, 0.3) is 5.82 Å². The Balaban J connectivity index is 1.67. The van der Waals surface area contributed by atoms with Crippen LogP contribution in [0.2, 0.25) is 0 Å². The highest BCUT2D eigenvalue weighted by Gasteiger charge is 2.38. The fraction of sp³-hybridized carbons (Fsp3) is 0.389. The topological polar surface area (TPSA) is 73.6 Å². The van der Waals surface area contributed by atoms with Crippen LogP contribution in [0.4, 0.5) is 19.0 Å². The van der Waals surface area contributed by atoms with Crippen LogP contribution in [-0.4, -0.2) is 39.6 Å². The van der Waals surface area contributed by atoms with Gasteiger partial charge in [-0.05, 0) is 31.9 Å². The monoisotopic (exact) mass is 393 g/mol. The quantitative estimate of drug-likeness (QED) is 0.737. The van der Waals surface area contributed by atoms with Gasteiger partial charge < -0.3 is 14.8 Å². The maximum atomic E-state index is 13.2. The number of hydrogen-bond donors (Lipinski definition) is 1. The van der Waals surface area contributed by atoms with E-state index in [1.807, 2.05) is 18.2 Å². The van der Waals surface area contributed by atoms with Crippen molar-refractivity contribution in [2.24, 2.45) is 0 Å². The Morgan fingerprint density at radius 1 is 1.21 bits per heavy atom. The number of rotatable bonds is 3. The lowest BCUT2D eigenvalue weighted by Gasteiger charge is -2.28. The highest BCUT2D eigenvalue weighted by molar-refractivity contribution is 5.59. The molecule has 0 spiro atoms. The van der Waals surface area contributed by atoms with Crippen molar-refractivity contribution in [1.29, 1.82) is 0 Å². The molecule has 0 bridgehead atoms. The molecule has 7 nitrogen and oxygen atoms in total. The molecule has 28 heavy (non-hydrogen) atoms. The Kier molecular flexibility index (Phi) is 4.28. The van der Waals surface area contributed by atoms with E-state index in [-0.39, 0.29) is 11.7 Å². The lowest BCUT2D eigenvalue weighted by Crippen LogP contribution is -2.34. The number of hydrogen-bond acceptors (Lipinski definition) is 6. The van der Waals surface area contributed by atoms with Crippen molar-refractivity contribution < 1.29 is 22.6 Å². The predicted octanol–water partition coefficient (Wildman–Crippen LogP) is 3.18. The van der Waals surface area contributed by atoms with Crippen molar-refractivity contribution >= 4 is 11.5 Å². The molecule has 1 aliphatic heterocycles. The molecule has 2 aromatic heterocycles. The second-order valence-corrected chi connectivity index (χ2v) is 6.66. The largest absolute Gasteiger partial charge is 0.493 e. The fourth-order valence-corrected chi connectivity index (χ4v) is 3.28. The van der Waals surface area contributed by atoms with Crippen molar-refractivity contribution in [2.45, 2.75) is 32.5 Å². The van der Waals surface area contributed by atoms with Gasteiger partial charge in [0.2, 0.25) is 0 Å². The van der Waals surface area contributed by atoms with Gasteiger partial charge in [0.1, 0.15) is 6.61 Å². The number of para-hydroxylation sites is 1. The molecule has 0 saturated heterocycles. The highest BCUT2D eigenvalue weighted by atomic mass is 19.4. The Morgan fingerprint density at radius 2 is 2.00 bits per heavy atom. The van der Waals surface area contributed by atoms with Crippen LogP contribution in [0.5, 0.6) is 11.5 Å². The average molecular weight is 393 g/mol. The third-order valence-corrected chi connectivity index (χ3v) is 4.86. The minimum atomic E-state index is -4.64. The number of benzene rings is 1. The predicted molar refractivity (Wildman–Crippen MR) is 94.9 cm³/mol. The molecule has 0 radical (unpaired) electrons. The third kappa shape index (κ3) is 2.98. The van der Waals surface area contributed by atoms with Crippen molar-refractivity contribution in [3.8, 4) is 11.5 Å². The summed E-state index contributed by atoms with van der Waals surface area (Å²) in [5, 5.41) is 14.2. The Bertz CT molecular complexity index is 1050. The van der Waals surface area contributed by atoms with E-state index in [2.05, 4.69) is 20.6 Å². The number of aryl methyl sites for hydroxylation is 1. The molecule has 1 N–H and O–H groups in total. The smallest absolute Gasteiger partial charge is 0.453 e. The molecule has 0 amide bonds. The van der Waals surface area contributed by atoms with Crippen LogP contribution in [0.15, 0.2) is 18.2 Å². The summed E-state index contributed by atoms with van der Waals surface area (Å²) in [6.07, 6.45) is -4.02. The summed E-state index contributed by atoms with van der Waals surface area (Å²) in [7, 11) is 1.58. The van der Waals surface area contributed by atoms with E-state index in [0.29, 0.717) is 41.5 Å². The summed E-state index contributed by atoms with van der Waals surface area (Å²) in [4.78, 5) is 0. The third-order valence-electron chi connectivity index (χ3n) is 4.86. The number of alkyl halides is 3. The number of ether oxygens (including phenoxy) is 2. The molecule has 148 valence electrons. The fourth-order valence-electron chi connectivity index (χ4n) is 3.28. The zero-order valence-corrected chi connectivity index (χ0v) is 15.5. The second kappa shape index (κ2) is 6.54. The molecule has 1 aromatic carbocycles. The Hall–Kier alpha value is -3.04. The summed E-state index contributed by atoms with van der Waals surface area (Å²) in [5.41, 5.74) is 2.34. The SMILES string of the molecule is COc1cccc2c1OCC(Nc1nn3c(C(F)(F)F)nnc3c(C)c1C)C2. The van der Waals surface area contributed by atoms with E-state index in [9.17, 15) is 13.2 Å². The van der Waals surface area contributed by atoms with Crippen LogP contribution in [0.3, 0.4) is 0 Å². The highest BCUT2D eigenvalue weighted by Crippen LogP contribution is 2.35. The minimum Gasteiger partial charge on any atom is -0.493 e. The first kappa shape index (κ1) is 18.3. The van der Waals surface area contributed by atoms with Crippen molar-refractivity contribution in [3.63, 3.8) is 0 Å². The second-order valence-electron chi connectivity index (χ2n) is 6.66. The summed E-state index contributed by atoms with van der Waals surface area (Å²) in [6.45, 7) is 3.82. The van der Waals surface area contributed by atoms with Crippen molar-refractivity contribution in [1.82, 2.24) is 19.8 Å². The van der Waals surface area contributed by atoms with Gasteiger partial charge in [0.05, 0.1) is 13.2 Å². The number of nitrogens with zero attached hydrogens (tertiary/aromatic N) is 4. The molecule has 3 heterocycles. The lowest BCUT2D eigenvalue weighted by molar-refractivity contribution is -0.146. The van der Waals surface area contributed by atoms with E-state index < -0.39 is 12.0 Å². The molecule has 1 aliphatic rings. The summed E-state index contributed by atoms with van der Waals surface area (Å²) in [6, 6.07) is 5.46. The van der Waals surface area contributed by atoms with Crippen LogP contribution in [0, 0.1) is 13.8 Å². The molecule has 1 unspecified atom stereocenters. The summed E-state index contributed by atoms with van der Waals surface area (Å²) in [5.74, 6) is 0.540. The van der Waals surface area contributed by atoms with Crippen LogP contribution >= 0.6 is 0 Å². The van der Waals surface area contributed by atoms with E-state index in [1.165, 1.54) is 0 Å². The van der Waals surface area contributed by atoms with E-state index in [0.717, 1.165) is 10.1 Å². The first-order valence-corrected chi connectivity index (χ1v) is 8.64. The van der Waals surface area contributed by atoms with Crippen LogP contribution < -0.4 is 14.8 Å². The lowest BCUT2D eigenvalue weighted by atomic mass is 10.0. The zero-order chi connectivity index (χ0) is 20.1. The van der Waals surface area contributed by atoms with Gasteiger partial charge in [0, 0.05) is 11.1 Å². The standard InChI is InChI=1S/C18H18F3N5O2/c1-9-10(2)16-23-24-17(18(19,20)21)26(16)25-15(9)22-12-7-11-5-4-6-13(27-3)14(11)28-8-12/h4-6,12H,7-8H2,1-3H3,(H,22,25). The van der Waals surface area contributed by atoms with Crippen molar-refractivity contribution in [2.75, 3.05) is 19.0 Å². The number of nitrogens with one attached hydrogen (secondary N) is 1. The molecule has 1 atom stereocenters. The molecule has 10 heteroatoms. The number of halogens is 3. The zero-order valence-electron chi connectivity index (χ0n) is 15.5. The van der Waals surface area contributed by atoms with Gasteiger partial charge in [0.15, 0.2) is 23.0 Å². The first-order valence-electron chi connectivity index (χ1n) is 8.64. The van der Waals surface area contributed by atoms with Gasteiger partial charge >= 0.3 is 6.18 Å². The molecular formula is C18H18F3N5O2. The average Bonchev–Trinajstić information content (AvgIpc) is 3.09. The van der Waals surface area contributed by atoms with Gasteiger partial charge in [-0.1, -0.05) is 12.1 Å². The maximum Gasteiger partial charge on any atom is 0.453 e. The minimum absolute atomic E-state index is 0.0883. The van der Waals surface area contributed by atoms with Crippen LogP contribution in [0.1, 0.15) is 22.5 Å². The molecule has 0 fully saturated rings. The number of anilines is 1. The Labute approximate surface area is 158 Å². The first-order chi connectivity index (χ1) is 13.3. The number of fused-ring (bicyclic) bond motifs is 2. The van der Waals surface area contributed by atoms with Gasteiger partial charge in [-0.3, -0.25) is 0 Å². The van der Waals surface area contributed by atoms with E-state index in [4.69, 9.17) is 9.47 Å². The van der Waals surface area contributed by atoms with Gasteiger partial charge in [-0.2, -0.15) is 17.7 Å². The Morgan fingerprint density at radius 3 is 2.71 bits per heavy atom. The van der Waals surface area contributed by atoms with Gasteiger partial charge in [-0.25, -0.2) is 0 Å².